The highest BCUT2D eigenvalue weighted by Crippen LogP contribution is 2.33. The molecule has 2 heterocycles. The molecule has 1 aromatic heterocycles. The Bertz CT molecular complexity index is 374. The molecule has 0 radical (unpaired) electrons. The molecule has 0 bridgehead atoms. The maximum absolute atomic E-state index is 14.0. The predicted molar refractivity (Wildman–Crippen MR) is 62.5 cm³/mol. The number of hydrogen-bond donors (Lipinski definition) is 0. The summed E-state index contributed by atoms with van der Waals surface area (Å²) in [4.78, 5) is 10.1. The fourth-order valence-corrected chi connectivity index (χ4v) is 1.96. The Hall–Kier alpha value is -1.23. The molecule has 5 heteroatoms. The van der Waals surface area contributed by atoms with Crippen LogP contribution in [0.25, 0.3) is 0 Å². The van der Waals surface area contributed by atoms with Crippen molar-refractivity contribution >= 4 is 0 Å². The van der Waals surface area contributed by atoms with Crippen LogP contribution in [-0.2, 0) is 6.54 Å². The van der Waals surface area contributed by atoms with E-state index in [1.54, 1.807) is 12.4 Å². The number of rotatable bonds is 4. The van der Waals surface area contributed by atoms with E-state index in [9.17, 15) is 4.39 Å². The van der Waals surface area contributed by atoms with Crippen LogP contribution < -0.4 is 4.74 Å². The SMILES string of the molecule is COc1ncc(CN2CC(F)(C(C)C)C2)cn1. The number of nitrogens with zero attached hydrogens (tertiary/aromatic N) is 3. The molecule has 1 aliphatic rings. The van der Waals surface area contributed by atoms with Gasteiger partial charge in [0.25, 0.3) is 0 Å². The summed E-state index contributed by atoms with van der Waals surface area (Å²) < 4.78 is 18.9. The Morgan fingerprint density at radius 2 is 2.00 bits per heavy atom. The Morgan fingerprint density at radius 1 is 1.41 bits per heavy atom. The van der Waals surface area contributed by atoms with Crippen molar-refractivity contribution in [2.75, 3.05) is 20.2 Å². The first-order valence-corrected chi connectivity index (χ1v) is 5.80. The number of methoxy groups -OCH3 is 1. The van der Waals surface area contributed by atoms with Gasteiger partial charge in [0.1, 0.15) is 5.67 Å². The standard InChI is InChI=1S/C12H18FN3O/c1-9(2)12(13)7-16(8-12)6-10-4-14-11(17-3)15-5-10/h4-5,9H,6-8H2,1-3H3. The minimum absolute atomic E-state index is 0.0749. The van der Waals surface area contributed by atoms with Gasteiger partial charge < -0.3 is 4.74 Å². The van der Waals surface area contributed by atoms with Crippen LogP contribution in [0.15, 0.2) is 12.4 Å². The van der Waals surface area contributed by atoms with Crippen molar-refractivity contribution in [3.8, 4) is 6.01 Å². The normalized spacial score (nSPS) is 19.1. The average Bonchev–Trinajstić information content (AvgIpc) is 2.27. The summed E-state index contributed by atoms with van der Waals surface area (Å²) in [6, 6.07) is 0.361. The molecule has 0 aliphatic carbocycles. The molecule has 0 atom stereocenters. The van der Waals surface area contributed by atoms with Crippen LogP contribution in [0, 0.1) is 5.92 Å². The largest absolute Gasteiger partial charge is 0.467 e. The molecule has 94 valence electrons. The van der Waals surface area contributed by atoms with E-state index in [4.69, 9.17) is 4.74 Å². The van der Waals surface area contributed by atoms with Gasteiger partial charge in [0.15, 0.2) is 0 Å². The van der Waals surface area contributed by atoms with Crippen LogP contribution in [0.3, 0.4) is 0 Å². The molecule has 0 saturated carbocycles. The molecular weight excluding hydrogens is 221 g/mol. The van der Waals surface area contributed by atoms with Crippen molar-refractivity contribution in [1.82, 2.24) is 14.9 Å². The van der Waals surface area contributed by atoms with Gasteiger partial charge in [0.2, 0.25) is 0 Å². The summed E-state index contributed by atoms with van der Waals surface area (Å²) in [5.74, 6) is 0.0749. The number of likely N-dealkylation sites (tertiary alicyclic amines) is 1. The number of halogens is 1. The van der Waals surface area contributed by atoms with Crippen molar-refractivity contribution < 1.29 is 9.13 Å². The Balaban J connectivity index is 1.87. The zero-order chi connectivity index (χ0) is 12.5. The van der Waals surface area contributed by atoms with Crippen molar-refractivity contribution in [3.05, 3.63) is 18.0 Å². The minimum Gasteiger partial charge on any atom is -0.467 e. The Labute approximate surface area is 101 Å². The highest BCUT2D eigenvalue weighted by Gasteiger charge is 2.45. The number of alkyl halides is 1. The predicted octanol–water partition coefficient (Wildman–Crippen LogP) is 1.67. The van der Waals surface area contributed by atoms with Gasteiger partial charge in [0.05, 0.1) is 7.11 Å². The van der Waals surface area contributed by atoms with E-state index in [1.165, 1.54) is 7.11 Å². The molecular formula is C12H18FN3O. The molecule has 1 fully saturated rings. The second kappa shape index (κ2) is 4.56. The van der Waals surface area contributed by atoms with Gasteiger partial charge in [0, 0.05) is 37.6 Å². The molecule has 1 saturated heterocycles. The lowest BCUT2D eigenvalue weighted by molar-refractivity contribution is -0.0689. The third-order valence-corrected chi connectivity index (χ3v) is 3.28. The van der Waals surface area contributed by atoms with Gasteiger partial charge in [-0.15, -0.1) is 0 Å². The molecule has 17 heavy (non-hydrogen) atoms. The average molecular weight is 239 g/mol. The molecule has 1 aliphatic heterocycles. The third-order valence-electron chi connectivity index (χ3n) is 3.28. The fourth-order valence-electron chi connectivity index (χ4n) is 1.96. The smallest absolute Gasteiger partial charge is 0.316 e. The quantitative estimate of drug-likeness (QED) is 0.801. The van der Waals surface area contributed by atoms with Crippen LogP contribution in [-0.4, -0.2) is 40.7 Å². The second-order valence-corrected chi connectivity index (χ2v) is 4.91. The molecule has 0 amide bonds. The fraction of sp³-hybridized carbons (Fsp3) is 0.667. The first-order chi connectivity index (χ1) is 8.03. The van der Waals surface area contributed by atoms with E-state index < -0.39 is 5.67 Å². The van der Waals surface area contributed by atoms with Gasteiger partial charge >= 0.3 is 6.01 Å². The van der Waals surface area contributed by atoms with Crippen molar-refractivity contribution in [1.29, 1.82) is 0 Å². The number of hydrogen-bond acceptors (Lipinski definition) is 4. The van der Waals surface area contributed by atoms with Crippen molar-refractivity contribution in [2.45, 2.75) is 26.1 Å². The van der Waals surface area contributed by atoms with Crippen molar-refractivity contribution in [3.63, 3.8) is 0 Å². The highest BCUT2D eigenvalue weighted by molar-refractivity contribution is 5.09. The lowest BCUT2D eigenvalue weighted by Crippen LogP contribution is -2.61. The van der Waals surface area contributed by atoms with E-state index in [-0.39, 0.29) is 5.92 Å². The summed E-state index contributed by atoms with van der Waals surface area (Å²) >= 11 is 0. The van der Waals surface area contributed by atoms with Crippen LogP contribution in [0.4, 0.5) is 4.39 Å². The molecule has 0 spiro atoms. The first-order valence-electron chi connectivity index (χ1n) is 5.80. The molecule has 0 unspecified atom stereocenters. The summed E-state index contributed by atoms with van der Waals surface area (Å²) in [5.41, 5.74) is -0.0375. The molecule has 0 N–H and O–H groups in total. The minimum atomic E-state index is -1.02. The van der Waals surface area contributed by atoms with Crippen LogP contribution >= 0.6 is 0 Å². The maximum Gasteiger partial charge on any atom is 0.316 e. The maximum atomic E-state index is 14.0. The van der Waals surface area contributed by atoms with Crippen LogP contribution in [0.1, 0.15) is 19.4 Å². The summed E-state index contributed by atoms with van der Waals surface area (Å²) in [7, 11) is 1.53. The second-order valence-electron chi connectivity index (χ2n) is 4.91. The monoisotopic (exact) mass is 239 g/mol. The zero-order valence-corrected chi connectivity index (χ0v) is 10.5. The zero-order valence-electron chi connectivity index (χ0n) is 10.5. The lowest BCUT2D eigenvalue weighted by atomic mass is 9.85. The summed E-state index contributed by atoms with van der Waals surface area (Å²) in [6.07, 6.45) is 3.44. The molecule has 1 aromatic rings. The first kappa shape index (κ1) is 12.2. The van der Waals surface area contributed by atoms with Gasteiger partial charge in [-0.05, 0) is 5.92 Å². The third kappa shape index (κ3) is 2.54. The van der Waals surface area contributed by atoms with E-state index in [0.717, 1.165) is 5.56 Å². The lowest BCUT2D eigenvalue weighted by Gasteiger charge is -2.47. The highest BCUT2D eigenvalue weighted by atomic mass is 19.1. The van der Waals surface area contributed by atoms with Crippen LogP contribution in [0.2, 0.25) is 0 Å². The van der Waals surface area contributed by atoms with Crippen molar-refractivity contribution in [2.24, 2.45) is 5.92 Å². The Kier molecular flexibility index (Phi) is 3.28. The Morgan fingerprint density at radius 3 is 2.47 bits per heavy atom. The number of aromatic nitrogens is 2. The van der Waals surface area contributed by atoms with Gasteiger partial charge in [-0.1, -0.05) is 13.8 Å². The molecule has 2 rings (SSSR count). The van der Waals surface area contributed by atoms with Gasteiger partial charge in [-0.25, -0.2) is 14.4 Å². The number of ether oxygens (including phenoxy) is 1. The van der Waals surface area contributed by atoms with E-state index in [0.29, 0.717) is 25.6 Å². The van der Waals surface area contributed by atoms with E-state index >= 15 is 0 Å². The van der Waals surface area contributed by atoms with Gasteiger partial charge in [-0.3, -0.25) is 4.90 Å². The topological polar surface area (TPSA) is 38.2 Å². The van der Waals surface area contributed by atoms with Gasteiger partial charge in [-0.2, -0.15) is 0 Å². The van der Waals surface area contributed by atoms with Crippen LogP contribution in [0.5, 0.6) is 6.01 Å². The summed E-state index contributed by atoms with van der Waals surface area (Å²) in [6.45, 7) is 5.54. The molecule has 0 aromatic carbocycles. The summed E-state index contributed by atoms with van der Waals surface area (Å²) in [5, 5.41) is 0. The molecule has 4 nitrogen and oxygen atoms in total. The van der Waals surface area contributed by atoms with E-state index in [1.807, 2.05) is 13.8 Å². The van der Waals surface area contributed by atoms with E-state index in [2.05, 4.69) is 14.9 Å².